The molecule has 2 N–H and O–H groups in total. The molecule has 5 nitrogen and oxygen atoms in total. The number of pyridine rings is 1. The molecule has 3 rings (SSSR count). The van der Waals surface area contributed by atoms with Crippen molar-refractivity contribution < 1.29 is 9.47 Å². The Hall–Kier alpha value is -2.27. The predicted octanol–water partition coefficient (Wildman–Crippen LogP) is 4.76. The molecule has 1 aliphatic rings. The van der Waals surface area contributed by atoms with E-state index in [-0.39, 0.29) is 11.1 Å². The Kier molecular flexibility index (Phi) is 5.84. The van der Waals surface area contributed by atoms with E-state index >= 15 is 0 Å². The Labute approximate surface area is 168 Å². The second-order valence-electron chi connectivity index (χ2n) is 8.79. The second-order valence-corrected chi connectivity index (χ2v) is 8.79. The van der Waals surface area contributed by atoms with Gasteiger partial charge in [-0.05, 0) is 71.2 Å². The molecule has 0 atom stereocenters. The van der Waals surface area contributed by atoms with Crippen molar-refractivity contribution in [2.75, 3.05) is 26.0 Å². The summed E-state index contributed by atoms with van der Waals surface area (Å²) < 4.78 is 11.7. The third-order valence-corrected chi connectivity index (χ3v) is 5.84. The number of piperidine rings is 1. The summed E-state index contributed by atoms with van der Waals surface area (Å²) in [5.41, 5.74) is 7.91. The zero-order valence-electron chi connectivity index (χ0n) is 17.8. The number of methoxy groups -OCH3 is 1. The zero-order chi connectivity index (χ0) is 20.4. The lowest BCUT2D eigenvalue weighted by atomic mass is 9.80. The number of aromatic nitrogens is 1. The van der Waals surface area contributed by atoms with Crippen LogP contribution in [0, 0.1) is 0 Å². The highest BCUT2D eigenvalue weighted by atomic mass is 16.5. The highest BCUT2D eigenvalue weighted by molar-refractivity contribution is 5.69. The highest BCUT2D eigenvalue weighted by Crippen LogP contribution is 2.38. The van der Waals surface area contributed by atoms with Gasteiger partial charge in [0, 0.05) is 29.3 Å². The number of nitrogens with zero attached hydrogens (tertiary/aromatic N) is 2. The molecule has 2 aromatic rings. The number of benzene rings is 1. The quantitative estimate of drug-likeness (QED) is 0.779. The summed E-state index contributed by atoms with van der Waals surface area (Å²) in [4.78, 5) is 6.98. The molecular weight excluding hydrogens is 350 g/mol. The van der Waals surface area contributed by atoms with Gasteiger partial charge in [-0.2, -0.15) is 0 Å². The summed E-state index contributed by atoms with van der Waals surface area (Å²) >= 11 is 0. The predicted molar refractivity (Wildman–Crippen MR) is 115 cm³/mol. The van der Waals surface area contributed by atoms with Crippen LogP contribution in [-0.4, -0.2) is 41.2 Å². The number of likely N-dealkylation sites (tertiary alicyclic amines) is 1. The fourth-order valence-corrected chi connectivity index (χ4v) is 4.48. The van der Waals surface area contributed by atoms with Crippen molar-refractivity contribution in [3.05, 3.63) is 36.4 Å². The van der Waals surface area contributed by atoms with E-state index in [9.17, 15) is 0 Å². The van der Waals surface area contributed by atoms with Gasteiger partial charge in [-0.25, -0.2) is 4.98 Å². The van der Waals surface area contributed by atoms with E-state index in [4.69, 9.17) is 15.2 Å². The van der Waals surface area contributed by atoms with Crippen molar-refractivity contribution in [2.45, 2.75) is 58.0 Å². The number of hydrogen-bond acceptors (Lipinski definition) is 5. The smallest absolute Gasteiger partial charge is 0.131 e. The van der Waals surface area contributed by atoms with E-state index in [1.807, 2.05) is 30.3 Å². The summed E-state index contributed by atoms with van der Waals surface area (Å²) in [6.45, 7) is 10.9. The van der Waals surface area contributed by atoms with Gasteiger partial charge < -0.3 is 15.2 Å². The Morgan fingerprint density at radius 3 is 2.43 bits per heavy atom. The van der Waals surface area contributed by atoms with Crippen LogP contribution in [0.1, 0.15) is 47.0 Å². The van der Waals surface area contributed by atoms with Crippen molar-refractivity contribution in [2.24, 2.45) is 0 Å². The Morgan fingerprint density at radius 1 is 1.07 bits per heavy atom. The molecule has 2 heterocycles. The molecule has 1 saturated heterocycles. The van der Waals surface area contributed by atoms with Crippen LogP contribution in [0.3, 0.4) is 0 Å². The SMILES string of the molecule is COc1cc(OCCN2C(C)(C)CCCC2(C)C)ccc1-c1cccc(N)n1. The molecular formula is C23H33N3O2. The number of anilines is 1. The van der Waals surface area contributed by atoms with E-state index in [1.54, 1.807) is 13.2 Å². The first-order chi connectivity index (χ1) is 13.2. The van der Waals surface area contributed by atoms with Gasteiger partial charge in [0.15, 0.2) is 0 Å². The minimum Gasteiger partial charge on any atom is -0.496 e. The summed E-state index contributed by atoms with van der Waals surface area (Å²) in [6, 6.07) is 11.5. The Bertz CT molecular complexity index is 801. The largest absolute Gasteiger partial charge is 0.496 e. The number of nitrogens with two attached hydrogens (primary N) is 1. The van der Waals surface area contributed by atoms with Crippen LogP contribution < -0.4 is 15.2 Å². The standard InChI is InChI=1S/C23H33N3O2/c1-22(2)12-7-13-23(3,4)26(22)14-15-28-17-10-11-18(20(16-17)27-5)19-8-6-9-21(24)25-19/h6,8-11,16H,7,12-15H2,1-5H3,(H2,24,25). The van der Waals surface area contributed by atoms with Crippen molar-refractivity contribution in [3.8, 4) is 22.8 Å². The average molecular weight is 384 g/mol. The monoisotopic (exact) mass is 383 g/mol. The summed E-state index contributed by atoms with van der Waals surface area (Å²) in [5.74, 6) is 2.03. The fourth-order valence-electron chi connectivity index (χ4n) is 4.48. The van der Waals surface area contributed by atoms with Crippen LogP contribution in [-0.2, 0) is 0 Å². The Morgan fingerprint density at radius 2 is 1.79 bits per heavy atom. The first-order valence-corrected chi connectivity index (χ1v) is 10.0. The molecule has 0 saturated carbocycles. The van der Waals surface area contributed by atoms with E-state index in [2.05, 4.69) is 37.6 Å². The van der Waals surface area contributed by atoms with Crippen LogP contribution in [0.4, 0.5) is 5.82 Å². The minimum absolute atomic E-state index is 0.200. The average Bonchev–Trinajstić information content (AvgIpc) is 2.63. The van der Waals surface area contributed by atoms with Crippen molar-refractivity contribution in [1.29, 1.82) is 0 Å². The van der Waals surface area contributed by atoms with Gasteiger partial charge in [-0.15, -0.1) is 0 Å². The lowest BCUT2D eigenvalue weighted by Gasteiger charge is -2.53. The van der Waals surface area contributed by atoms with E-state index < -0.39 is 0 Å². The number of ether oxygens (including phenoxy) is 2. The normalized spacial score (nSPS) is 18.6. The maximum atomic E-state index is 6.09. The molecule has 0 radical (unpaired) electrons. The molecule has 0 amide bonds. The van der Waals surface area contributed by atoms with E-state index in [1.165, 1.54) is 19.3 Å². The maximum Gasteiger partial charge on any atom is 0.131 e. The fraction of sp³-hybridized carbons (Fsp3) is 0.522. The van der Waals surface area contributed by atoms with E-state index in [0.717, 1.165) is 29.3 Å². The third kappa shape index (κ3) is 4.41. The molecule has 1 aliphatic heterocycles. The van der Waals surface area contributed by atoms with Gasteiger partial charge in [-0.3, -0.25) is 4.90 Å². The van der Waals surface area contributed by atoms with Gasteiger partial charge in [-0.1, -0.05) is 6.07 Å². The van der Waals surface area contributed by atoms with Gasteiger partial charge in [0.1, 0.15) is 23.9 Å². The molecule has 5 heteroatoms. The molecule has 1 aromatic heterocycles. The van der Waals surface area contributed by atoms with Crippen LogP contribution in [0.15, 0.2) is 36.4 Å². The molecule has 152 valence electrons. The molecule has 1 aromatic carbocycles. The van der Waals surface area contributed by atoms with Gasteiger partial charge >= 0.3 is 0 Å². The van der Waals surface area contributed by atoms with Crippen LogP contribution >= 0.6 is 0 Å². The molecule has 0 bridgehead atoms. The van der Waals surface area contributed by atoms with Crippen molar-refractivity contribution in [3.63, 3.8) is 0 Å². The number of rotatable bonds is 6. The third-order valence-electron chi connectivity index (χ3n) is 5.84. The first kappa shape index (κ1) is 20.5. The molecule has 0 spiro atoms. The Balaban J connectivity index is 1.70. The van der Waals surface area contributed by atoms with Crippen molar-refractivity contribution in [1.82, 2.24) is 9.88 Å². The molecule has 1 fully saturated rings. The minimum atomic E-state index is 0.200. The topological polar surface area (TPSA) is 60.6 Å². The van der Waals surface area contributed by atoms with Crippen LogP contribution in [0.5, 0.6) is 11.5 Å². The van der Waals surface area contributed by atoms with Crippen LogP contribution in [0.2, 0.25) is 0 Å². The second kappa shape index (κ2) is 8.00. The molecule has 28 heavy (non-hydrogen) atoms. The van der Waals surface area contributed by atoms with Gasteiger partial charge in [0.2, 0.25) is 0 Å². The number of hydrogen-bond donors (Lipinski definition) is 1. The highest BCUT2D eigenvalue weighted by Gasteiger charge is 2.40. The molecule has 0 unspecified atom stereocenters. The number of nitrogen functional groups attached to an aromatic ring is 1. The van der Waals surface area contributed by atoms with Gasteiger partial charge in [0.25, 0.3) is 0 Å². The lowest BCUT2D eigenvalue weighted by Crippen LogP contribution is -2.59. The van der Waals surface area contributed by atoms with E-state index in [0.29, 0.717) is 12.4 Å². The molecule has 0 aliphatic carbocycles. The first-order valence-electron chi connectivity index (χ1n) is 10.0. The maximum absolute atomic E-state index is 6.09. The summed E-state index contributed by atoms with van der Waals surface area (Å²) in [7, 11) is 1.66. The van der Waals surface area contributed by atoms with Crippen molar-refractivity contribution >= 4 is 5.82 Å². The summed E-state index contributed by atoms with van der Waals surface area (Å²) in [6.07, 6.45) is 3.74. The van der Waals surface area contributed by atoms with Gasteiger partial charge in [0.05, 0.1) is 12.8 Å². The zero-order valence-corrected chi connectivity index (χ0v) is 17.8. The lowest BCUT2D eigenvalue weighted by molar-refractivity contribution is -0.0340. The summed E-state index contributed by atoms with van der Waals surface area (Å²) in [5, 5.41) is 0. The van der Waals surface area contributed by atoms with Crippen LogP contribution in [0.25, 0.3) is 11.3 Å².